The van der Waals surface area contributed by atoms with Gasteiger partial charge in [-0.3, -0.25) is 4.79 Å². The Hall–Kier alpha value is -2.95. The summed E-state index contributed by atoms with van der Waals surface area (Å²) < 4.78 is 0. The SMILES string of the molecule is CC/C=C\C/C=C\C/C=C\C/C=C\C/C=C\C/C=C\C/C=C\CCCCCCCCCC(=O)NC(CO)C(O)/C=C/CC/C=C/CCCCCCCCCCCCCCCCCCCCCCCCCC. The minimum atomic E-state index is -0.877. The molecule has 0 radical (unpaired) electrons. The van der Waals surface area contributed by atoms with Crippen LogP contribution in [0.25, 0.3) is 0 Å². The molecule has 0 fully saturated rings. The number of carbonyl (C=O) groups excluding carboxylic acids is 1. The second kappa shape index (κ2) is 61.4. The Labute approximate surface area is 442 Å². The molecule has 0 aromatic rings. The van der Waals surface area contributed by atoms with Crippen LogP contribution < -0.4 is 5.32 Å². The van der Waals surface area contributed by atoms with Gasteiger partial charge in [-0.2, -0.15) is 0 Å². The van der Waals surface area contributed by atoms with E-state index < -0.39 is 12.1 Å². The van der Waals surface area contributed by atoms with Gasteiger partial charge in [0.25, 0.3) is 0 Å². The van der Waals surface area contributed by atoms with Gasteiger partial charge in [-0.25, -0.2) is 0 Å². The number of hydrogen-bond donors (Lipinski definition) is 3. The van der Waals surface area contributed by atoms with Gasteiger partial charge in [0, 0.05) is 6.42 Å². The van der Waals surface area contributed by atoms with Crippen LogP contribution >= 0.6 is 0 Å². The van der Waals surface area contributed by atoms with Crippen molar-refractivity contribution in [2.75, 3.05) is 6.61 Å². The second-order valence-electron chi connectivity index (χ2n) is 20.4. The van der Waals surface area contributed by atoms with Crippen molar-refractivity contribution in [2.45, 2.75) is 302 Å². The van der Waals surface area contributed by atoms with E-state index in [1.54, 1.807) is 6.08 Å². The number of allylic oxidation sites excluding steroid dienone is 17. The van der Waals surface area contributed by atoms with Gasteiger partial charge in [-0.1, -0.05) is 303 Å². The van der Waals surface area contributed by atoms with Crippen LogP contribution in [-0.4, -0.2) is 34.9 Å². The monoisotopic (exact) mass is 984 g/mol. The lowest BCUT2D eigenvalue weighted by Crippen LogP contribution is -2.45. The van der Waals surface area contributed by atoms with E-state index in [1.807, 2.05) is 6.08 Å². The summed E-state index contributed by atoms with van der Waals surface area (Å²) in [6.45, 7) is 4.20. The summed E-state index contributed by atoms with van der Waals surface area (Å²) in [6.07, 6.45) is 92.7. The third-order valence-corrected chi connectivity index (χ3v) is 13.5. The smallest absolute Gasteiger partial charge is 0.220 e. The second-order valence-corrected chi connectivity index (χ2v) is 20.4. The fourth-order valence-electron chi connectivity index (χ4n) is 8.88. The number of hydrogen-bond acceptors (Lipinski definition) is 3. The molecule has 0 aromatic carbocycles. The topological polar surface area (TPSA) is 69.6 Å². The fourth-order valence-corrected chi connectivity index (χ4v) is 8.88. The summed E-state index contributed by atoms with van der Waals surface area (Å²) in [5.41, 5.74) is 0. The largest absolute Gasteiger partial charge is 0.394 e. The van der Waals surface area contributed by atoms with Crippen molar-refractivity contribution in [1.29, 1.82) is 0 Å². The zero-order valence-electron chi connectivity index (χ0n) is 47.0. The van der Waals surface area contributed by atoms with Crippen LogP contribution in [0.1, 0.15) is 290 Å². The van der Waals surface area contributed by atoms with Crippen molar-refractivity contribution in [3.05, 3.63) is 109 Å². The number of rotatable bonds is 55. The van der Waals surface area contributed by atoms with Gasteiger partial charge in [0.1, 0.15) is 0 Å². The molecular formula is C67H117NO3. The number of amides is 1. The third kappa shape index (κ3) is 57.8. The highest BCUT2D eigenvalue weighted by atomic mass is 16.3. The van der Waals surface area contributed by atoms with Crippen molar-refractivity contribution in [2.24, 2.45) is 0 Å². The Morgan fingerprint density at radius 2 is 0.634 bits per heavy atom. The number of carbonyl (C=O) groups is 1. The minimum Gasteiger partial charge on any atom is -0.394 e. The van der Waals surface area contributed by atoms with Crippen molar-refractivity contribution < 1.29 is 15.0 Å². The Kier molecular flexibility index (Phi) is 58.8. The first kappa shape index (κ1) is 68.0. The predicted octanol–water partition coefficient (Wildman–Crippen LogP) is 20.6. The van der Waals surface area contributed by atoms with Crippen LogP contribution in [0.2, 0.25) is 0 Å². The molecule has 0 heterocycles. The standard InChI is InChI=1S/C67H117NO3/c1-3-5-7-9-11-13-15-17-19-21-23-25-27-29-31-33-35-36-38-40-42-44-46-48-50-52-54-56-58-60-62-66(70)65(64-69)68-67(71)63-61-59-57-55-53-51-49-47-45-43-41-39-37-34-32-30-28-26-24-22-20-18-16-14-12-10-8-6-4-2/h6,8,12,14,18,20,24,26,30,32,37,39,43,45,52,54,60,62,65-66,69-70H,3-5,7,9-11,13,15-17,19,21-23,25,27-29,31,33-36,38,40-42,44,46-51,53,55-59,61,63-64H2,1-2H3,(H,68,71)/b8-6-,14-12-,20-18-,26-24-,32-30-,39-37-,45-43-,54-52+,62-60+. The van der Waals surface area contributed by atoms with Gasteiger partial charge in [-0.05, 0) is 89.9 Å². The first-order valence-electron chi connectivity index (χ1n) is 30.6. The van der Waals surface area contributed by atoms with Gasteiger partial charge in [0.2, 0.25) is 5.91 Å². The summed E-state index contributed by atoms with van der Waals surface area (Å²) in [4.78, 5) is 12.5. The Morgan fingerprint density at radius 1 is 0.352 bits per heavy atom. The molecule has 0 spiro atoms. The highest BCUT2D eigenvalue weighted by Gasteiger charge is 2.18. The molecule has 0 aromatic heterocycles. The van der Waals surface area contributed by atoms with E-state index in [0.717, 1.165) is 89.9 Å². The fraction of sp³-hybridized carbons (Fsp3) is 0.716. The van der Waals surface area contributed by atoms with E-state index in [1.165, 1.54) is 180 Å². The maximum atomic E-state index is 12.5. The molecule has 71 heavy (non-hydrogen) atoms. The Bertz CT molecular complexity index is 1350. The van der Waals surface area contributed by atoms with E-state index >= 15 is 0 Å². The molecule has 0 rings (SSSR count). The first-order chi connectivity index (χ1) is 35.2. The maximum Gasteiger partial charge on any atom is 0.220 e. The minimum absolute atomic E-state index is 0.0871. The van der Waals surface area contributed by atoms with Crippen molar-refractivity contribution in [3.8, 4) is 0 Å². The average molecular weight is 985 g/mol. The van der Waals surface area contributed by atoms with Crippen molar-refractivity contribution >= 4 is 5.91 Å². The van der Waals surface area contributed by atoms with Crippen molar-refractivity contribution in [3.63, 3.8) is 0 Å². The lowest BCUT2D eigenvalue weighted by atomic mass is 10.0. The molecule has 0 aliphatic rings. The molecule has 0 aliphatic heterocycles. The molecule has 0 bridgehead atoms. The average Bonchev–Trinajstić information content (AvgIpc) is 3.37. The van der Waals surface area contributed by atoms with Crippen LogP contribution in [0.4, 0.5) is 0 Å². The lowest BCUT2D eigenvalue weighted by molar-refractivity contribution is -0.123. The lowest BCUT2D eigenvalue weighted by Gasteiger charge is -2.19. The molecule has 2 unspecified atom stereocenters. The Balaban J connectivity index is 3.59. The maximum absolute atomic E-state index is 12.5. The summed E-state index contributed by atoms with van der Waals surface area (Å²) in [7, 11) is 0. The van der Waals surface area contributed by atoms with E-state index in [9.17, 15) is 15.0 Å². The molecule has 3 N–H and O–H groups in total. The normalized spacial score (nSPS) is 13.6. The van der Waals surface area contributed by atoms with Crippen LogP contribution in [0.3, 0.4) is 0 Å². The third-order valence-electron chi connectivity index (χ3n) is 13.5. The molecule has 0 saturated heterocycles. The molecule has 1 amide bonds. The molecule has 0 saturated carbocycles. The summed E-state index contributed by atoms with van der Waals surface area (Å²) in [6, 6.07) is -0.655. The molecular weight excluding hydrogens is 867 g/mol. The molecule has 408 valence electrons. The number of aliphatic hydroxyl groups is 2. The highest BCUT2D eigenvalue weighted by Crippen LogP contribution is 2.17. The zero-order valence-corrected chi connectivity index (χ0v) is 47.0. The van der Waals surface area contributed by atoms with Gasteiger partial charge < -0.3 is 15.5 Å². The van der Waals surface area contributed by atoms with Gasteiger partial charge in [0.05, 0.1) is 18.8 Å². The molecule has 2 atom stereocenters. The van der Waals surface area contributed by atoms with E-state index in [-0.39, 0.29) is 12.5 Å². The zero-order chi connectivity index (χ0) is 51.3. The predicted molar refractivity (Wildman–Crippen MR) is 317 cm³/mol. The van der Waals surface area contributed by atoms with E-state index in [0.29, 0.717) is 6.42 Å². The molecule has 4 heteroatoms. The quantitative estimate of drug-likeness (QED) is 0.0420. The summed E-state index contributed by atoms with van der Waals surface area (Å²) >= 11 is 0. The molecule has 0 aliphatic carbocycles. The summed E-state index contributed by atoms with van der Waals surface area (Å²) in [5, 5.41) is 23.2. The van der Waals surface area contributed by atoms with Gasteiger partial charge >= 0.3 is 0 Å². The van der Waals surface area contributed by atoms with Crippen LogP contribution in [0.5, 0.6) is 0 Å². The van der Waals surface area contributed by atoms with Crippen LogP contribution in [0, 0.1) is 0 Å². The number of nitrogens with one attached hydrogen (secondary N) is 1. The first-order valence-corrected chi connectivity index (χ1v) is 30.6. The van der Waals surface area contributed by atoms with Crippen LogP contribution in [0.15, 0.2) is 109 Å². The van der Waals surface area contributed by atoms with E-state index in [4.69, 9.17) is 0 Å². The number of aliphatic hydroxyl groups excluding tert-OH is 2. The van der Waals surface area contributed by atoms with Crippen molar-refractivity contribution in [1.82, 2.24) is 5.32 Å². The Morgan fingerprint density at radius 3 is 0.986 bits per heavy atom. The van der Waals surface area contributed by atoms with Crippen LogP contribution in [-0.2, 0) is 4.79 Å². The van der Waals surface area contributed by atoms with E-state index in [2.05, 4.69) is 116 Å². The van der Waals surface area contributed by atoms with Gasteiger partial charge in [-0.15, -0.1) is 0 Å². The van der Waals surface area contributed by atoms with Gasteiger partial charge in [0.15, 0.2) is 0 Å². The number of unbranched alkanes of at least 4 members (excludes halogenated alkanes) is 32. The highest BCUT2D eigenvalue weighted by molar-refractivity contribution is 5.76. The molecule has 4 nitrogen and oxygen atoms in total. The summed E-state index contributed by atoms with van der Waals surface area (Å²) in [5.74, 6) is -0.0871.